The fourth-order valence-electron chi connectivity index (χ4n) is 3.00. The van der Waals surface area contributed by atoms with E-state index in [0.29, 0.717) is 29.8 Å². The molecular weight excluding hydrogens is 254 g/mol. The maximum atomic E-state index is 5.30. The lowest BCUT2D eigenvalue weighted by Crippen LogP contribution is -2.37. The second-order valence-electron chi connectivity index (χ2n) is 6.21. The topological polar surface area (TPSA) is 56.3 Å². The van der Waals surface area contributed by atoms with Crippen molar-refractivity contribution in [2.75, 3.05) is 14.2 Å². The minimum absolute atomic E-state index is 0.428. The Morgan fingerprint density at radius 3 is 2.45 bits per heavy atom. The summed E-state index contributed by atoms with van der Waals surface area (Å²) in [6, 6.07) is 0.536. The Labute approximate surface area is 121 Å². The first kappa shape index (κ1) is 15.0. The lowest BCUT2D eigenvalue weighted by atomic mass is 9.75. The van der Waals surface area contributed by atoms with Crippen LogP contribution in [0.4, 0.5) is 0 Å². The molecule has 0 aromatic carbocycles. The highest BCUT2D eigenvalue weighted by molar-refractivity contribution is 5.34. The third-order valence-corrected chi connectivity index (χ3v) is 4.03. The molecule has 1 atom stereocenters. The van der Waals surface area contributed by atoms with Gasteiger partial charge in [-0.05, 0) is 24.7 Å². The van der Waals surface area contributed by atoms with Crippen LogP contribution in [0.5, 0.6) is 11.8 Å². The predicted octanol–water partition coefficient (Wildman–Crippen LogP) is 2.55. The van der Waals surface area contributed by atoms with E-state index in [1.165, 1.54) is 32.0 Å². The van der Waals surface area contributed by atoms with Gasteiger partial charge in [-0.1, -0.05) is 20.3 Å². The van der Waals surface area contributed by atoms with E-state index in [9.17, 15) is 0 Å². The third kappa shape index (κ3) is 3.60. The summed E-state index contributed by atoms with van der Waals surface area (Å²) in [5.41, 5.74) is 1.32. The lowest BCUT2D eigenvalue weighted by molar-refractivity contribution is 0.197. The second kappa shape index (κ2) is 6.39. The Bertz CT molecular complexity index is 426. The van der Waals surface area contributed by atoms with Crippen LogP contribution in [0.2, 0.25) is 0 Å². The first-order valence-electron chi connectivity index (χ1n) is 7.21. The van der Waals surface area contributed by atoms with Crippen molar-refractivity contribution in [1.82, 2.24) is 15.3 Å². The van der Waals surface area contributed by atoms with Gasteiger partial charge in [-0.25, -0.2) is 9.97 Å². The van der Waals surface area contributed by atoms with Gasteiger partial charge in [0, 0.05) is 12.6 Å². The van der Waals surface area contributed by atoms with Gasteiger partial charge in [0.05, 0.1) is 19.8 Å². The highest BCUT2D eigenvalue weighted by Gasteiger charge is 2.28. The molecule has 2 rings (SSSR count). The Hall–Kier alpha value is -1.36. The van der Waals surface area contributed by atoms with Crippen LogP contribution in [0.1, 0.15) is 45.1 Å². The lowest BCUT2D eigenvalue weighted by Gasteiger charge is -2.35. The number of aromatic nitrogens is 2. The summed E-state index contributed by atoms with van der Waals surface area (Å²) >= 11 is 0. The Morgan fingerprint density at radius 2 is 1.90 bits per heavy atom. The van der Waals surface area contributed by atoms with Crippen LogP contribution in [-0.4, -0.2) is 30.2 Å². The summed E-state index contributed by atoms with van der Waals surface area (Å²) in [5.74, 6) is 1.17. The zero-order valence-electron chi connectivity index (χ0n) is 12.9. The van der Waals surface area contributed by atoms with E-state index in [0.717, 1.165) is 5.56 Å². The number of nitrogens with one attached hydrogen (secondary N) is 1. The molecule has 5 heteroatoms. The maximum absolute atomic E-state index is 5.30. The minimum atomic E-state index is 0.428. The quantitative estimate of drug-likeness (QED) is 0.897. The molecule has 0 saturated heterocycles. The number of ether oxygens (including phenoxy) is 2. The van der Waals surface area contributed by atoms with Crippen molar-refractivity contribution in [3.8, 4) is 11.8 Å². The molecular formula is C15H25N3O2. The second-order valence-corrected chi connectivity index (χ2v) is 6.21. The highest BCUT2D eigenvalue weighted by atomic mass is 16.5. The summed E-state index contributed by atoms with van der Waals surface area (Å²) < 4.78 is 10.6. The molecule has 0 bridgehead atoms. The average Bonchev–Trinajstić information content (AvgIpc) is 2.43. The fourth-order valence-corrected chi connectivity index (χ4v) is 3.00. The van der Waals surface area contributed by atoms with E-state index < -0.39 is 0 Å². The zero-order valence-corrected chi connectivity index (χ0v) is 12.9. The molecule has 0 spiro atoms. The standard InChI is InChI=1S/C15H25N3O2/c1-15(2)7-5-6-11(8-15)16-9-12-13(19-3)17-10-18-14(12)20-4/h10-11,16H,5-9H2,1-4H3. The van der Waals surface area contributed by atoms with Gasteiger partial charge < -0.3 is 14.8 Å². The number of nitrogens with zero attached hydrogens (tertiary/aromatic N) is 2. The number of hydrogen-bond acceptors (Lipinski definition) is 5. The van der Waals surface area contributed by atoms with E-state index in [2.05, 4.69) is 29.1 Å². The van der Waals surface area contributed by atoms with Gasteiger partial charge in [0.1, 0.15) is 6.33 Å². The molecule has 1 N–H and O–H groups in total. The van der Waals surface area contributed by atoms with Crippen LogP contribution in [0, 0.1) is 5.41 Å². The minimum Gasteiger partial charge on any atom is -0.481 e. The number of rotatable bonds is 5. The Kier molecular flexibility index (Phi) is 4.81. The molecule has 1 unspecified atom stereocenters. The van der Waals surface area contributed by atoms with Crippen LogP contribution in [0.25, 0.3) is 0 Å². The Balaban J connectivity index is 2.03. The van der Waals surface area contributed by atoms with Crippen molar-refractivity contribution in [3.05, 3.63) is 11.9 Å². The molecule has 5 nitrogen and oxygen atoms in total. The van der Waals surface area contributed by atoms with Crippen LogP contribution >= 0.6 is 0 Å². The molecule has 20 heavy (non-hydrogen) atoms. The van der Waals surface area contributed by atoms with Crippen molar-refractivity contribution in [2.45, 2.75) is 52.1 Å². The summed E-state index contributed by atoms with van der Waals surface area (Å²) in [4.78, 5) is 8.29. The monoisotopic (exact) mass is 279 g/mol. The molecule has 1 fully saturated rings. The van der Waals surface area contributed by atoms with E-state index >= 15 is 0 Å². The summed E-state index contributed by atoms with van der Waals surface area (Å²) in [6.45, 7) is 5.36. The van der Waals surface area contributed by atoms with E-state index in [4.69, 9.17) is 9.47 Å². The highest BCUT2D eigenvalue weighted by Crippen LogP contribution is 2.35. The molecule has 1 saturated carbocycles. The van der Waals surface area contributed by atoms with Gasteiger partial charge in [0.25, 0.3) is 0 Å². The van der Waals surface area contributed by atoms with Gasteiger partial charge >= 0.3 is 0 Å². The summed E-state index contributed by atoms with van der Waals surface area (Å²) in [5, 5.41) is 3.60. The van der Waals surface area contributed by atoms with Crippen molar-refractivity contribution in [3.63, 3.8) is 0 Å². The van der Waals surface area contributed by atoms with Crippen LogP contribution in [0.15, 0.2) is 6.33 Å². The summed E-state index contributed by atoms with van der Waals surface area (Å²) in [6.07, 6.45) is 6.48. The third-order valence-electron chi connectivity index (χ3n) is 4.03. The fraction of sp³-hybridized carbons (Fsp3) is 0.733. The molecule has 0 aliphatic heterocycles. The largest absolute Gasteiger partial charge is 0.481 e. The normalized spacial score (nSPS) is 21.5. The zero-order chi connectivity index (χ0) is 14.6. The van der Waals surface area contributed by atoms with Crippen LogP contribution in [0.3, 0.4) is 0 Å². The van der Waals surface area contributed by atoms with Gasteiger partial charge in [-0.15, -0.1) is 0 Å². The molecule has 112 valence electrons. The first-order valence-corrected chi connectivity index (χ1v) is 7.21. The molecule has 0 radical (unpaired) electrons. The smallest absolute Gasteiger partial charge is 0.224 e. The first-order chi connectivity index (χ1) is 9.55. The Morgan fingerprint density at radius 1 is 1.25 bits per heavy atom. The molecule has 1 aliphatic carbocycles. The number of hydrogen-bond donors (Lipinski definition) is 1. The average molecular weight is 279 g/mol. The van der Waals surface area contributed by atoms with E-state index in [1.807, 2.05) is 0 Å². The van der Waals surface area contributed by atoms with Crippen molar-refractivity contribution < 1.29 is 9.47 Å². The number of methoxy groups -OCH3 is 2. The summed E-state index contributed by atoms with van der Waals surface area (Å²) in [7, 11) is 3.24. The van der Waals surface area contributed by atoms with Gasteiger partial charge in [-0.2, -0.15) is 0 Å². The molecule has 1 aromatic rings. The maximum Gasteiger partial charge on any atom is 0.224 e. The molecule has 1 heterocycles. The van der Waals surface area contributed by atoms with E-state index in [-0.39, 0.29) is 0 Å². The van der Waals surface area contributed by atoms with Crippen molar-refractivity contribution in [1.29, 1.82) is 0 Å². The van der Waals surface area contributed by atoms with Crippen LogP contribution < -0.4 is 14.8 Å². The van der Waals surface area contributed by atoms with Crippen molar-refractivity contribution in [2.24, 2.45) is 5.41 Å². The molecule has 0 amide bonds. The SMILES string of the molecule is COc1ncnc(OC)c1CNC1CCCC(C)(C)C1. The van der Waals surface area contributed by atoms with E-state index in [1.54, 1.807) is 14.2 Å². The van der Waals surface area contributed by atoms with Gasteiger partial charge in [0.2, 0.25) is 11.8 Å². The van der Waals surface area contributed by atoms with Crippen molar-refractivity contribution >= 4 is 0 Å². The van der Waals surface area contributed by atoms with Gasteiger partial charge in [-0.3, -0.25) is 0 Å². The van der Waals surface area contributed by atoms with Gasteiger partial charge in [0.15, 0.2) is 0 Å². The molecule has 1 aromatic heterocycles. The molecule has 1 aliphatic rings. The predicted molar refractivity (Wildman–Crippen MR) is 78.0 cm³/mol. The van der Waals surface area contributed by atoms with Crippen LogP contribution in [-0.2, 0) is 6.54 Å².